The van der Waals surface area contributed by atoms with Crippen molar-refractivity contribution in [2.75, 3.05) is 0 Å². The van der Waals surface area contributed by atoms with Gasteiger partial charge in [-0.1, -0.05) is 23.2 Å². The zero-order valence-corrected chi connectivity index (χ0v) is 8.04. The van der Waals surface area contributed by atoms with Gasteiger partial charge in [-0.3, -0.25) is 0 Å². The standard InChI is InChI=1S/C7Cl2F6/c8-2-3(9)6(12)5(11)1(4(2)10)7(13,14)15. The molecular formula is C7Cl2F6. The van der Waals surface area contributed by atoms with Crippen molar-refractivity contribution in [3.05, 3.63) is 33.1 Å². The normalized spacial score (nSPS) is 12.0. The molecule has 0 nitrogen and oxygen atoms in total. The first-order valence-electron chi connectivity index (χ1n) is 3.26. The molecule has 0 heterocycles. The van der Waals surface area contributed by atoms with Crippen LogP contribution in [0.5, 0.6) is 0 Å². The summed E-state index contributed by atoms with van der Waals surface area (Å²) >= 11 is 9.91. The minimum Gasteiger partial charge on any atom is -0.205 e. The molecule has 0 aliphatic rings. The van der Waals surface area contributed by atoms with E-state index in [-0.39, 0.29) is 0 Å². The zero-order valence-electron chi connectivity index (χ0n) is 6.52. The Morgan fingerprint density at radius 1 is 0.733 bits per heavy atom. The van der Waals surface area contributed by atoms with Gasteiger partial charge < -0.3 is 0 Å². The predicted octanol–water partition coefficient (Wildman–Crippen LogP) is 4.43. The van der Waals surface area contributed by atoms with Crippen LogP contribution < -0.4 is 0 Å². The molecule has 0 fully saturated rings. The van der Waals surface area contributed by atoms with Crippen molar-refractivity contribution in [3.8, 4) is 0 Å². The van der Waals surface area contributed by atoms with Crippen molar-refractivity contribution in [2.24, 2.45) is 0 Å². The van der Waals surface area contributed by atoms with Crippen molar-refractivity contribution in [1.29, 1.82) is 0 Å². The van der Waals surface area contributed by atoms with E-state index in [1.807, 2.05) is 0 Å². The molecule has 0 radical (unpaired) electrons. The maximum Gasteiger partial charge on any atom is 0.422 e. The Morgan fingerprint density at radius 3 is 1.53 bits per heavy atom. The van der Waals surface area contributed by atoms with Gasteiger partial charge in [0.05, 0.1) is 5.02 Å². The molecule has 0 aliphatic carbocycles. The largest absolute Gasteiger partial charge is 0.422 e. The average molecular weight is 269 g/mol. The summed E-state index contributed by atoms with van der Waals surface area (Å²) in [4.78, 5) is 0. The highest BCUT2D eigenvalue weighted by Gasteiger charge is 2.41. The van der Waals surface area contributed by atoms with Gasteiger partial charge in [0.15, 0.2) is 17.5 Å². The molecule has 0 saturated heterocycles. The summed E-state index contributed by atoms with van der Waals surface area (Å²) in [7, 11) is 0. The van der Waals surface area contributed by atoms with Gasteiger partial charge in [-0.25, -0.2) is 13.2 Å². The third-order valence-corrected chi connectivity index (χ3v) is 2.30. The quantitative estimate of drug-likeness (QED) is 0.371. The summed E-state index contributed by atoms with van der Waals surface area (Å²) in [6, 6.07) is 0. The van der Waals surface area contributed by atoms with Crippen LogP contribution >= 0.6 is 23.2 Å². The van der Waals surface area contributed by atoms with Gasteiger partial charge in [0.1, 0.15) is 10.6 Å². The molecule has 0 aliphatic heterocycles. The molecule has 1 rings (SSSR count). The smallest absolute Gasteiger partial charge is 0.205 e. The number of hydrogen-bond acceptors (Lipinski definition) is 0. The van der Waals surface area contributed by atoms with Crippen molar-refractivity contribution >= 4 is 23.2 Å². The van der Waals surface area contributed by atoms with Gasteiger partial charge in [0.2, 0.25) is 0 Å². The fourth-order valence-electron chi connectivity index (χ4n) is 0.854. The van der Waals surface area contributed by atoms with E-state index >= 15 is 0 Å². The molecule has 0 amide bonds. The van der Waals surface area contributed by atoms with Gasteiger partial charge in [0, 0.05) is 0 Å². The second-order valence-electron chi connectivity index (χ2n) is 2.44. The van der Waals surface area contributed by atoms with Gasteiger partial charge >= 0.3 is 6.18 Å². The number of rotatable bonds is 0. The van der Waals surface area contributed by atoms with Crippen LogP contribution in [0, 0.1) is 17.5 Å². The fourth-order valence-corrected chi connectivity index (χ4v) is 1.20. The topological polar surface area (TPSA) is 0 Å². The first kappa shape index (κ1) is 12.4. The van der Waals surface area contributed by atoms with Gasteiger partial charge in [-0.2, -0.15) is 13.2 Å². The van der Waals surface area contributed by atoms with E-state index in [9.17, 15) is 26.3 Å². The van der Waals surface area contributed by atoms with Crippen molar-refractivity contribution in [2.45, 2.75) is 6.18 Å². The second kappa shape index (κ2) is 3.75. The first-order valence-corrected chi connectivity index (χ1v) is 4.02. The van der Waals surface area contributed by atoms with E-state index in [1.54, 1.807) is 0 Å². The van der Waals surface area contributed by atoms with Crippen LogP contribution in [0.25, 0.3) is 0 Å². The monoisotopic (exact) mass is 268 g/mol. The Kier molecular flexibility index (Phi) is 3.11. The summed E-state index contributed by atoms with van der Waals surface area (Å²) in [5, 5.41) is -2.53. The van der Waals surface area contributed by atoms with Crippen LogP contribution in [0.3, 0.4) is 0 Å². The van der Waals surface area contributed by atoms with E-state index in [2.05, 4.69) is 0 Å². The molecule has 0 unspecified atom stereocenters. The van der Waals surface area contributed by atoms with Crippen LogP contribution in [0.4, 0.5) is 26.3 Å². The van der Waals surface area contributed by atoms with Crippen LogP contribution in [-0.4, -0.2) is 0 Å². The van der Waals surface area contributed by atoms with E-state index in [1.165, 1.54) is 0 Å². The minimum absolute atomic E-state index is 1.22. The number of hydrogen-bond donors (Lipinski definition) is 0. The highest BCUT2D eigenvalue weighted by atomic mass is 35.5. The van der Waals surface area contributed by atoms with E-state index in [0.717, 1.165) is 0 Å². The van der Waals surface area contributed by atoms with Gasteiger partial charge in [0.25, 0.3) is 0 Å². The Labute approximate surface area is 89.4 Å². The van der Waals surface area contributed by atoms with Crippen molar-refractivity contribution in [1.82, 2.24) is 0 Å². The molecule has 1 aromatic rings. The summed E-state index contributed by atoms with van der Waals surface area (Å²) in [6.07, 6.45) is -5.39. The van der Waals surface area contributed by atoms with Crippen LogP contribution in [-0.2, 0) is 6.18 Å². The third kappa shape index (κ3) is 2.01. The first-order chi connectivity index (χ1) is 6.68. The lowest BCUT2D eigenvalue weighted by molar-refractivity contribution is -0.142. The Morgan fingerprint density at radius 2 is 1.13 bits per heavy atom. The van der Waals surface area contributed by atoms with E-state index in [4.69, 9.17) is 23.2 Å². The Bertz CT molecular complexity index is 382. The molecule has 0 spiro atoms. The predicted molar refractivity (Wildman–Crippen MR) is 41.3 cm³/mol. The molecular weight excluding hydrogens is 269 g/mol. The number of alkyl halides is 3. The molecule has 0 atom stereocenters. The van der Waals surface area contributed by atoms with Crippen LogP contribution in [0.15, 0.2) is 0 Å². The third-order valence-electron chi connectivity index (χ3n) is 1.49. The van der Waals surface area contributed by atoms with Crippen LogP contribution in [0.2, 0.25) is 10.0 Å². The highest BCUT2D eigenvalue weighted by Crippen LogP contribution is 2.40. The molecule has 0 saturated carbocycles. The molecule has 15 heavy (non-hydrogen) atoms. The Hall–Kier alpha value is -0.620. The lowest BCUT2D eigenvalue weighted by Crippen LogP contribution is -2.13. The molecule has 8 heteroatoms. The number of halogens is 8. The SMILES string of the molecule is Fc1c(F)c(C(F)(F)F)c(F)c(Cl)c1Cl. The molecule has 0 aromatic heterocycles. The number of benzene rings is 1. The summed E-state index contributed by atoms with van der Waals surface area (Å²) in [5.41, 5.74) is -2.39. The van der Waals surface area contributed by atoms with Crippen molar-refractivity contribution < 1.29 is 26.3 Å². The lowest BCUT2D eigenvalue weighted by atomic mass is 10.2. The van der Waals surface area contributed by atoms with E-state index in [0.29, 0.717) is 0 Å². The second-order valence-corrected chi connectivity index (χ2v) is 3.20. The average Bonchev–Trinajstić information content (AvgIpc) is 2.09. The van der Waals surface area contributed by atoms with E-state index < -0.39 is 39.2 Å². The minimum atomic E-state index is -5.39. The molecule has 0 bridgehead atoms. The highest BCUT2D eigenvalue weighted by molar-refractivity contribution is 6.42. The summed E-state index contributed by atoms with van der Waals surface area (Å²) < 4.78 is 74.4. The van der Waals surface area contributed by atoms with Gasteiger partial charge in [-0.05, 0) is 0 Å². The van der Waals surface area contributed by atoms with Gasteiger partial charge in [-0.15, -0.1) is 0 Å². The maximum atomic E-state index is 12.9. The maximum absolute atomic E-state index is 12.9. The van der Waals surface area contributed by atoms with Crippen LogP contribution in [0.1, 0.15) is 5.56 Å². The lowest BCUT2D eigenvalue weighted by Gasteiger charge is -2.11. The molecule has 1 aromatic carbocycles. The Balaban J connectivity index is 3.68. The van der Waals surface area contributed by atoms with Crippen molar-refractivity contribution in [3.63, 3.8) is 0 Å². The zero-order chi connectivity index (χ0) is 12.0. The molecule has 0 N–H and O–H groups in total. The fraction of sp³-hybridized carbons (Fsp3) is 0.143. The molecule has 84 valence electrons. The summed E-state index contributed by atoms with van der Waals surface area (Å²) in [6.45, 7) is 0. The summed E-state index contributed by atoms with van der Waals surface area (Å²) in [5.74, 6) is -6.57.